The van der Waals surface area contributed by atoms with Crippen LogP contribution in [0, 0.1) is 5.92 Å². The van der Waals surface area contributed by atoms with Crippen LogP contribution in [-0.4, -0.2) is 41.1 Å². The highest BCUT2D eigenvalue weighted by atomic mass is 16.4. The normalized spacial score (nSPS) is 23.1. The molecule has 0 spiro atoms. The van der Waals surface area contributed by atoms with E-state index in [9.17, 15) is 9.59 Å². The van der Waals surface area contributed by atoms with Gasteiger partial charge in [-0.3, -0.25) is 4.79 Å². The van der Waals surface area contributed by atoms with Crippen molar-refractivity contribution in [2.45, 2.75) is 51.0 Å². The van der Waals surface area contributed by atoms with Gasteiger partial charge >= 0.3 is 12.0 Å². The van der Waals surface area contributed by atoms with E-state index in [1.807, 2.05) is 0 Å². The molecule has 1 saturated carbocycles. The average Bonchev–Trinajstić information content (AvgIpc) is 3.03. The summed E-state index contributed by atoms with van der Waals surface area (Å²) in [5.41, 5.74) is 0. The average molecular weight is 254 g/mol. The summed E-state index contributed by atoms with van der Waals surface area (Å²) in [5.74, 6) is 0.0712. The Hall–Kier alpha value is -1.26. The second-order valence-electron chi connectivity index (χ2n) is 5.40. The predicted molar refractivity (Wildman–Crippen MR) is 67.3 cm³/mol. The molecule has 0 radical (unpaired) electrons. The summed E-state index contributed by atoms with van der Waals surface area (Å²) in [5, 5.41) is 11.7. The Morgan fingerprint density at radius 2 is 2.06 bits per heavy atom. The quantitative estimate of drug-likeness (QED) is 0.710. The largest absolute Gasteiger partial charge is 0.481 e. The molecule has 1 heterocycles. The van der Waals surface area contributed by atoms with Crippen molar-refractivity contribution in [3.8, 4) is 0 Å². The molecule has 2 amide bonds. The Kier molecular flexibility index (Phi) is 4.44. The van der Waals surface area contributed by atoms with Crippen molar-refractivity contribution in [2.75, 3.05) is 13.1 Å². The lowest BCUT2D eigenvalue weighted by Gasteiger charge is -2.23. The minimum Gasteiger partial charge on any atom is -0.481 e. The van der Waals surface area contributed by atoms with Gasteiger partial charge in [-0.2, -0.15) is 0 Å². The SMILES string of the molecule is O=C(O)CC1CCCN1C(=O)NCCCC1CC1. The van der Waals surface area contributed by atoms with Crippen molar-refractivity contribution in [1.82, 2.24) is 10.2 Å². The molecule has 1 unspecified atom stereocenters. The number of carboxylic acids is 1. The second kappa shape index (κ2) is 6.07. The number of nitrogens with zero attached hydrogens (tertiary/aromatic N) is 1. The highest BCUT2D eigenvalue weighted by molar-refractivity contribution is 5.76. The monoisotopic (exact) mass is 254 g/mol. The summed E-state index contributed by atoms with van der Waals surface area (Å²) in [6, 6.07) is -0.208. The minimum absolute atomic E-state index is 0.0650. The van der Waals surface area contributed by atoms with Crippen LogP contribution in [0.25, 0.3) is 0 Å². The van der Waals surface area contributed by atoms with Crippen LogP contribution in [0.15, 0.2) is 0 Å². The standard InChI is InChI=1S/C13H22N2O3/c16-12(17)9-11-4-2-8-15(11)13(18)14-7-1-3-10-5-6-10/h10-11H,1-9H2,(H,14,18)(H,16,17). The molecule has 1 atom stereocenters. The zero-order valence-corrected chi connectivity index (χ0v) is 10.7. The molecule has 2 fully saturated rings. The number of urea groups is 1. The van der Waals surface area contributed by atoms with Crippen LogP contribution in [0.4, 0.5) is 4.79 Å². The molecule has 18 heavy (non-hydrogen) atoms. The van der Waals surface area contributed by atoms with Gasteiger partial charge in [0.15, 0.2) is 0 Å². The number of amides is 2. The van der Waals surface area contributed by atoms with Crippen LogP contribution in [0.3, 0.4) is 0 Å². The van der Waals surface area contributed by atoms with E-state index < -0.39 is 5.97 Å². The number of carbonyl (C=O) groups is 2. The zero-order valence-electron chi connectivity index (χ0n) is 10.7. The van der Waals surface area contributed by atoms with Gasteiger partial charge < -0.3 is 15.3 Å². The fourth-order valence-corrected chi connectivity index (χ4v) is 2.61. The van der Waals surface area contributed by atoms with Gasteiger partial charge in [0, 0.05) is 19.1 Å². The van der Waals surface area contributed by atoms with E-state index in [1.165, 1.54) is 19.3 Å². The van der Waals surface area contributed by atoms with Gasteiger partial charge in [0.2, 0.25) is 0 Å². The van der Waals surface area contributed by atoms with E-state index in [0.717, 1.165) is 25.2 Å². The summed E-state index contributed by atoms with van der Waals surface area (Å²) in [6.07, 6.45) is 6.72. The maximum Gasteiger partial charge on any atom is 0.317 e. The Morgan fingerprint density at radius 3 is 2.72 bits per heavy atom. The minimum atomic E-state index is -0.826. The fourth-order valence-electron chi connectivity index (χ4n) is 2.61. The number of hydrogen-bond acceptors (Lipinski definition) is 2. The summed E-state index contributed by atoms with van der Waals surface area (Å²) in [6.45, 7) is 1.40. The lowest BCUT2D eigenvalue weighted by atomic mass is 10.1. The third-order valence-corrected chi connectivity index (χ3v) is 3.81. The van der Waals surface area contributed by atoms with Crippen LogP contribution in [0.1, 0.15) is 44.9 Å². The zero-order chi connectivity index (χ0) is 13.0. The number of aliphatic carboxylic acids is 1. The first-order chi connectivity index (χ1) is 8.66. The number of rotatable bonds is 6. The van der Waals surface area contributed by atoms with E-state index in [0.29, 0.717) is 13.1 Å². The van der Waals surface area contributed by atoms with Crippen molar-refractivity contribution in [1.29, 1.82) is 0 Å². The number of carboxylic acid groups (broad SMARTS) is 1. The smallest absolute Gasteiger partial charge is 0.317 e. The van der Waals surface area contributed by atoms with Crippen LogP contribution in [0.2, 0.25) is 0 Å². The molecular weight excluding hydrogens is 232 g/mol. The summed E-state index contributed by atoms with van der Waals surface area (Å²) in [4.78, 5) is 24.3. The fraction of sp³-hybridized carbons (Fsp3) is 0.846. The number of likely N-dealkylation sites (tertiary alicyclic amines) is 1. The molecular formula is C13H22N2O3. The molecule has 0 aromatic rings. The van der Waals surface area contributed by atoms with E-state index in [2.05, 4.69) is 5.32 Å². The maximum atomic E-state index is 11.9. The van der Waals surface area contributed by atoms with Gasteiger partial charge in [-0.15, -0.1) is 0 Å². The van der Waals surface area contributed by atoms with Crippen molar-refractivity contribution >= 4 is 12.0 Å². The molecule has 1 saturated heterocycles. The topological polar surface area (TPSA) is 69.6 Å². The van der Waals surface area contributed by atoms with Crippen molar-refractivity contribution in [3.63, 3.8) is 0 Å². The molecule has 5 heteroatoms. The Labute approximate surface area is 108 Å². The van der Waals surface area contributed by atoms with Crippen molar-refractivity contribution in [2.24, 2.45) is 5.92 Å². The summed E-state index contributed by atoms with van der Waals surface area (Å²) < 4.78 is 0. The second-order valence-corrected chi connectivity index (χ2v) is 5.40. The van der Waals surface area contributed by atoms with Gasteiger partial charge in [0.05, 0.1) is 6.42 Å². The predicted octanol–water partition coefficient (Wildman–Crippen LogP) is 1.83. The molecule has 1 aliphatic heterocycles. The maximum absolute atomic E-state index is 11.9. The molecule has 0 aromatic heterocycles. The molecule has 1 aliphatic carbocycles. The first-order valence-corrected chi connectivity index (χ1v) is 6.93. The molecule has 0 aromatic carbocycles. The third kappa shape index (κ3) is 3.89. The van der Waals surface area contributed by atoms with E-state index >= 15 is 0 Å². The van der Waals surface area contributed by atoms with Gasteiger partial charge in [-0.1, -0.05) is 12.8 Å². The van der Waals surface area contributed by atoms with Crippen molar-refractivity contribution < 1.29 is 14.7 Å². The first kappa shape index (κ1) is 13.2. The Balaban J connectivity index is 1.67. The van der Waals surface area contributed by atoms with Gasteiger partial charge in [-0.25, -0.2) is 4.79 Å². The van der Waals surface area contributed by atoms with E-state index in [4.69, 9.17) is 5.11 Å². The lowest BCUT2D eigenvalue weighted by molar-refractivity contribution is -0.137. The Morgan fingerprint density at radius 1 is 1.28 bits per heavy atom. The highest BCUT2D eigenvalue weighted by Crippen LogP contribution is 2.33. The van der Waals surface area contributed by atoms with Crippen LogP contribution < -0.4 is 5.32 Å². The number of carbonyl (C=O) groups excluding carboxylic acids is 1. The van der Waals surface area contributed by atoms with E-state index in [-0.39, 0.29) is 18.5 Å². The molecule has 0 bridgehead atoms. The molecule has 2 rings (SSSR count). The highest BCUT2D eigenvalue weighted by Gasteiger charge is 2.30. The molecule has 102 valence electrons. The van der Waals surface area contributed by atoms with Crippen LogP contribution >= 0.6 is 0 Å². The summed E-state index contributed by atoms with van der Waals surface area (Å²) in [7, 11) is 0. The van der Waals surface area contributed by atoms with Crippen LogP contribution in [0.5, 0.6) is 0 Å². The molecule has 2 N–H and O–H groups in total. The molecule has 5 nitrogen and oxygen atoms in total. The first-order valence-electron chi connectivity index (χ1n) is 6.93. The van der Waals surface area contributed by atoms with Gasteiger partial charge in [0.25, 0.3) is 0 Å². The van der Waals surface area contributed by atoms with Crippen molar-refractivity contribution in [3.05, 3.63) is 0 Å². The molecule has 2 aliphatic rings. The number of nitrogens with one attached hydrogen (secondary N) is 1. The van der Waals surface area contributed by atoms with E-state index in [1.54, 1.807) is 4.90 Å². The third-order valence-electron chi connectivity index (χ3n) is 3.81. The van der Waals surface area contributed by atoms with Gasteiger partial charge in [-0.05, 0) is 31.6 Å². The van der Waals surface area contributed by atoms with Crippen LogP contribution in [-0.2, 0) is 4.79 Å². The lowest BCUT2D eigenvalue weighted by Crippen LogP contribution is -2.43. The summed E-state index contributed by atoms with van der Waals surface area (Å²) >= 11 is 0. The number of hydrogen-bond donors (Lipinski definition) is 2. The Bertz CT molecular complexity index is 315. The van der Waals surface area contributed by atoms with Gasteiger partial charge in [0.1, 0.15) is 0 Å².